The van der Waals surface area contributed by atoms with E-state index in [0.717, 1.165) is 23.5 Å². The molecule has 0 aliphatic rings. The molecule has 11 heteroatoms. The number of H-pyrrole nitrogens is 1. The van der Waals surface area contributed by atoms with Gasteiger partial charge in [0.25, 0.3) is 5.56 Å². The molecule has 27 heavy (non-hydrogen) atoms. The maximum Gasteiger partial charge on any atom is 0.431 e. The summed E-state index contributed by atoms with van der Waals surface area (Å²) < 4.78 is 54.6. The molecule has 2 heterocycles. The van der Waals surface area contributed by atoms with E-state index in [1.165, 1.54) is 9.55 Å². The van der Waals surface area contributed by atoms with Crippen LogP contribution in [0.1, 0.15) is 32.0 Å². The van der Waals surface area contributed by atoms with E-state index < -0.39 is 34.6 Å². The minimum absolute atomic E-state index is 0.181. The van der Waals surface area contributed by atoms with Gasteiger partial charge in [0.2, 0.25) is 0 Å². The Kier molecular flexibility index (Phi) is 4.58. The Hall–Kier alpha value is -2.69. The van der Waals surface area contributed by atoms with Gasteiger partial charge in [-0.3, -0.25) is 14.2 Å². The highest BCUT2D eigenvalue weighted by molar-refractivity contribution is 7.16. The first kappa shape index (κ1) is 19.1. The topological polar surface area (TPSA) is 76.9 Å². The lowest BCUT2D eigenvalue weighted by atomic mass is 10.2. The molecule has 0 saturated heterocycles. The summed E-state index contributed by atoms with van der Waals surface area (Å²) in [5, 5.41) is 0. The number of nitrogens with one attached hydrogen (secondary N) is 1. The van der Waals surface area contributed by atoms with Crippen molar-refractivity contribution in [2.45, 2.75) is 32.5 Å². The summed E-state index contributed by atoms with van der Waals surface area (Å²) >= 11 is 0.800. The number of alkyl halides is 3. The molecule has 1 N–H and O–H groups in total. The van der Waals surface area contributed by atoms with Gasteiger partial charge in [-0.05, 0) is 25.5 Å². The number of hydrogen-bond donors (Lipinski definition) is 1. The van der Waals surface area contributed by atoms with Gasteiger partial charge < -0.3 is 4.98 Å². The summed E-state index contributed by atoms with van der Waals surface area (Å²) in [6.45, 7) is 3.61. The molecule has 0 bridgehead atoms. The van der Waals surface area contributed by atoms with Crippen LogP contribution in [0, 0.1) is 5.82 Å². The minimum atomic E-state index is -4.93. The second kappa shape index (κ2) is 6.48. The van der Waals surface area contributed by atoms with Crippen molar-refractivity contribution < 1.29 is 17.6 Å². The zero-order chi connectivity index (χ0) is 20.1. The Bertz CT molecular complexity index is 1170. The fourth-order valence-electron chi connectivity index (χ4n) is 2.69. The van der Waals surface area contributed by atoms with Crippen molar-refractivity contribution in [3.63, 3.8) is 0 Å². The third kappa shape index (κ3) is 3.22. The molecule has 1 atom stereocenters. The molecule has 3 aromatic rings. The highest BCUT2D eigenvalue weighted by atomic mass is 32.1. The minimum Gasteiger partial charge on any atom is -0.303 e. The third-order valence-electron chi connectivity index (χ3n) is 4.19. The zero-order valence-corrected chi connectivity index (χ0v) is 14.9. The van der Waals surface area contributed by atoms with Crippen molar-refractivity contribution >= 4 is 21.6 Å². The lowest BCUT2D eigenvalue weighted by Gasteiger charge is -2.13. The fourth-order valence-corrected chi connectivity index (χ4v) is 3.68. The third-order valence-corrected chi connectivity index (χ3v) is 5.11. The van der Waals surface area contributed by atoms with Crippen LogP contribution < -0.4 is 16.1 Å². The summed E-state index contributed by atoms with van der Waals surface area (Å²) in [5.41, 5.74) is -4.53. The first-order valence-electron chi connectivity index (χ1n) is 7.83. The van der Waals surface area contributed by atoms with E-state index in [-0.39, 0.29) is 21.5 Å². The molecular weight excluding hydrogens is 390 g/mol. The largest absolute Gasteiger partial charge is 0.431 e. The number of aromatic amines is 1. The zero-order valence-electron chi connectivity index (χ0n) is 14.1. The average molecular weight is 403 g/mol. The van der Waals surface area contributed by atoms with Crippen molar-refractivity contribution in [3.05, 3.63) is 60.2 Å². The summed E-state index contributed by atoms with van der Waals surface area (Å²) in [7, 11) is 0. The van der Waals surface area contributed by atoms with Crippen LogP contribution in [0.2, 0.25) is 0 Å². The van der Waals surface area contributed by atoms with Gasteiger partial charge in [-0.25, -0.2) is 13.8 Å². The predicted octanol–water partition coefficient (Wildman–Crippen LogP) is 3.03. The SMILES string of the molecule is CCC(C)n1c(=O)sc2cc(F)c(-n3c(=O)cc(C(F)(F)F)[nH]c3=O)cc21. The molecular formula is C16H13F4N3O3S. The molecule has 0 saturated carbocycles. The number of nitrogens with zero attached hydrogens (tertiary/aromatic N) is 2. The normalized spacial score (nSPS) is 13.3. The first-order valence-corrected chi connectivity index (χ1v) is 8.64. The van der Waals surface area contributed by atoms with Crippen LogP contribution in [0.4, 0.5) is 17.6 Å². The first-order chi connectivity index (χ1) is 12.5. The number of benzene rings is 1. The van der Waals surface area contributed by atoms with Gasteiger partial charge in [-0.2, -0.15) is 13.2 Å². The second-order valence-electron chi connectivity index (χ2n) is 5.93. The molecule has 0 fully saturated rings. The second-order valence-corrected chi connectivity index (χ2v) is 6.92. The molecule has 3 rings (SSSR count). The average Bonchev–Trinajstić information content (AvgIpc) is 2.87. The van der Waals surface area contributed by atoms with Gasteiger partial charge in [0.05, 0.1) is 15.9 Å². The standard InChI is InChI=1S/C16H13F4N3O3S/c1-3-7(2)22-10-5-9(8(17)4-11(10)27-15(22)26)23-13(24)6-12(16(18,19)20)21-14(23)25/h4-7H,3H2,1-2H3,(H,21,25). The summed E-state index contributed by atoms with van der Waals surface area (Å²) in [6.07, 6.45) is -4.33. The van der Waals surface area contributed by atoms with Crippen molar-refractivity contribution in [2.24, 2.45) is 0 Å². The van der Waals surface area contributed by atoms with Gasteiger partial charge in [-0.15, -0.1) is 0 Å². The number of fused-ring (bicyclic) bond motifs is 1. The Morgan fingerprint density at radius 3 is 2.41 bits per heavy atom. The highest BCUT2D eigenvalue weighted by Crippen LogP contribution is 2.27. The van der Waals surface area contributed by atoms with Gasteiger partial charge in [0.1, 0.15) is 11.5 Å². The van der Waals surface area contributed by atoms with Gasteiger partial charge >= 0.3 is 16.7 Å². The molecule has 1 unspecified atom stereocenters. The molecule has 2 aromatic heterocycles. The van der Waals surface area contributed by atoms with E-state index in [4.69, 9.17) is 0 Å². The van der Waals surface area contributed by atoms with E-state index >= 15 is 0 Å². The van der Waals surface area contributed by atoms with E-state index in [0.29, 0.717) is 16.6 Å². The van der Waals surface area contributed by atoms with E-state index in [1.807, 2.05) is 6.92 Å². The van der Waals surface area contributed by atoms with Gasteiger partial charge in [0, 0.05) is 12.1 Å². The molecule has 0 aliphatic carbocycles. The van der Waals surface area contributed by atoms with E-state index in [9.17, 15) is 31.9 Å². The molecule has 144 valence electrons. The quantitative estimate of drug-likeness (QED) is 0.683. The van der Waals surface area contributed by atoms with E-state index in [2.05, 4.69) is 0 Å². The Morgan fingerprint density at radius 2 is 1.85 bits per heavy atom. The van der Waals surface area contributed by atoms with Crippen molar-refractivity contribution in [2.75, 3.05) is 0 Å². The summed E-state index contributed by atoms with van der Waals surface area (Å²) in [5.74, 6) is -1.01. The van der Waals surface area contributed by atoms with Crippen LogP contribution >= 0.6 is 11.3 Å². The summed E-state index contributed by atoms with van der Waals surface area (Å²) in [6, 6.07) is 2.06. The molecule has 0 spiro atoms. The Labute approximate surface area is 152 Å². The monoisotopic (exact) mass is 403 g/mol. The molecule has 0 amide bonds. The highest BCUT2D eigenvalue weighted by Gasteiger charge is 2.33. The Morgan fingerprint density at radius 1 is 1.19 bits per heavy atom. The van der Waals surface area contributed by atoms with Crippen LogP contribution in [-0.2, 0) is 6.18 Å². The van der Waals surface area contributed by atoms with Crippen molar-refractivity contribution in [3.8, 4) is 5.69 Å². The maximum atomic E-state index is 14.5. The molecule has 6 nitrogen and oxygen atoms in total. The van der Waals surface area contributed by atoms with Crippen molar-refractivity contribution in [1.29, 1.82) is 0 Å². The number of halogens is 4. The van der Waals surface area contributed by atoms with Gasteiger partial charge in [0.15, 0.2) is 0 Å². The lowest BCUT2D eigenvalue weighted by Crippen LogP contribution is -2.36. The van der Waals surface area contributed by atoms with Gasteiger partial charge in [-0.1, -0.05) is 18.3 Å². The van der Waals surface area contributed by atoms with E-state index in [1.54, 1.807) is 6.92 Å². The number of rotatable bonds is 3. The van der Waals surface area contributed by atoms with Crippen molar-refractivity contribution in [1.82, 2.24) is 14.1 Å². The van der Waals surface area contributed by atoms with Crippen LogP contribution in [0.3, 0.4) is 0 Å². The fraction of sp³-hybridized carbons (Fsp3) is 0.312. The molecule has 0 aliphatic heterocycles. The van der Waals surface area contributed by atoms with Crippen LogP contribution in [0.15, 0.2) is 32.6 Å². The number of hydrogen-bond acceptors (Lipinski definition) is 4. The van der Waals surface area contributed by atoms with Crippen LogP contribution in [0.25, 0.3) is 15.9 Å². The summed E-state index contributed by atoms with van der Waals surface area (Å²) in [4.78, 5) is 37.5. The maximum absolute atomic E-state index is 14.5. The molecule has 0 radical (unpaired) electrons. The number of thiazole rings is 1. The predicted molar refractivity (Wildman–Crippen MR) is 92.3 cm³/mol. The molecule has 1 aromatic carbocycles. The smallest absolute Gasteiger partial charge is 0.303 e. The van der Waals surface area contributed by atoms with Crippen LogP contribution in [0.5, 0.6) is 0 Å². The Balaban J connectivity index is 2.33. The number of aromatic nitrogens is 3. The lowest BCUT2D eigenvalue weighted by molar-refractivity contribution is -0.141. The van der Waals surface area contributed by atoms with Crippen LogP contribution in [-0.4, -0.2) is 14.1 Å².